The van der Waals surface area contributed by atoms with Gasteiger partial charge in [0, 0.05) is 45.0 Å². The molecule has 92 valence electrons. The van der Waals surface area contributed by atoms with Crippen molar-refractivity contribution in [3.63, 3.8) is 0 Å². The normalized spacial score (nSPS) is 21.1. The second kappa shape index (κ2) is 5.14. The summed E-state index contributed by atoms with van der Waals surface area (Å²) in [5.74, 6) is 0.0690. The van der Waals surface area contributed by atoms with Crippen molar-refractivity contribution in [3.05, 3.63) is 24.0 Å². The van der Waals surface area contributed by atoms with Gasteiger partial charge in [-0.25, -0.2) is 0 Å². The van der Waals surface area contributed by atoms with Gasteiger partial charge in [-0.3, -0.25) is 9.48 Å². The highest BCUT2D eigenvalue weighted by Gasteiger charge is 2.18. The van der Waals surface area contributed by atoms with Gasteiger partial charge in [-0.15, -0.1) is 0 Å². The van der Waals surface area contributed by atoms with E-state index >= 15 is 0 Å². The van der Waals surface area contributed by atoms with Crippen LogP contribution in [0.25, 0.3) is 6.08 Å². The summed E-state index contributed by atoms with van der Waals surface area (Å²) in [6.07, 6.45) is 5.15. The molecule has 1 N–H and O–H groups in total. The summed E-state index contributed by atoms with van der Waals surface area (Å²) in [6.45, 7) is 4.50. The molecule has 1 atom stereocenters. The van der Waals surface area contributed by atoms with Gasteiger partial charge in [0.05, 0.1) is 5.69 Å². The van der Waals surface area contributed by atoms with E-state index in [1.165, 1.54) is 0 Å². The van der Waals surface area contributed by atoms with E-state index in [-0.39, 0.29) is 5.91 Å². The zero-order chi connectivity index (χ0) is 12.3. The van der Waals surface area contributed by atoms with E-state index in [4.69, 9.17) is 0 Å². The molecule has 5 nitrogen and oxygen atoms in total. The zero-order valence-electron chi connectivity index (χ0n) is 10.3. The molecule has 2 rings (SSSR count). The molecule has 1 saturated heterocycles. The standard InChI is InChI=1S/C12H18N4O/c1-10-9-16(8-7-13-10)12(17)4-3-11-5-6-14-15(11)2/h3-6,10,13H,7-9H2,1-2H3/b4-3+. The van der Waals surface area contributed by atoms with Crippen LogP contribution in [0.15, 0.2) is 18.3 Å². The lowest BCUT2D eigenvalue weighted by atomic mass is 10.2. The van der Waals surface area contributed by atoms with Crippen LogP contribution in [0.2, 0.25) is 0 Å². The molecule has 1 aliphatic heterocycles. The smallest absolute Gasteiger partial charge is 0.246 e. The molecule has 0 spiro atoms. The van der Waals surface area contributed by atoms with Crippen LogP contribution in [0.4, 0.5) is 0 Å². The van der Waals surface area contributed by atoms with E-state index in [0.717, 1.165) is 25.3 Å². The van der Waals surface area contributed by atoms with Crippen molar-refractivity contribution in [1.82, 2.24) is 20.0 Å². The highest BCUT2D eigenvalue weighted by molar-refractivity contribution is 5.91. The predicted octanol–water partition coefficient (Wildman–Crippen LogP) is 0.254. The molecule has 1 aliphatic rings. The quantitative estimate of drug-likeness (QED) is 0.746. The number of piperazine rings is 1. The molecule has 1 fully saturated rings. The van der Waals surface area contributed by atoms with Crippen LogP contribution in [0.1, 0.15) is 12.6 Å². The molecule has 0 aliphatic carbocycles. The second-order valence-electron chi connectivity index (χ2n) is 4.35. The Kier molecular flexibility index (Phi) is 3.58. The van der Waals surface area contributed by atoms with E-state index in [1.807, 2.05) is 24.1 Å². The Bertz CT molecular complexity index is 424. The number of nitrogens with one attached hydrogen (secondary N) is 1. The van der Waals surface area contributed by atoms with E-state index < -0.39 is 0 Å². The molecule has 0 radical (unpaired) electrons. The molecule has 0 saturated carbocycles. The molecule has 0 aromatic carbocycles. The number of carbonyl (C=O) groups excluding carboxylic acids is 1. The van der Waals surface area contributed by atoms with Crippen molar-refractivity contribution in [2.45, 2.75) is 13.0 Å². The van der Waals surface area contributed by atoms with Crippen LogP contribution in [0.3, 0.4) is 0 Å². The van der Waals surface area contributed by atoms with Crippen LogP contribution in [0.5, 0.6) is 0 Å². The first-order valence-corrected chi connectivity index (χ1v) is 5.85. The minimum Gasteiger partial charge on any atom is -0.336 e. The van der Waals surface area contributed by atoms with E-state index in [2.05, 4.69) is 17.3 Å². The Morgan fingerprint density at radius 1 is 1.65 bits per heavy atom. The minimum atomic E-state index is 0.0690. The van der Waals surface area contributed by atoms with Gasteiger partial charge in [-0.2, -0.15) is 5.10 Å². The predicted molar refractivity (Wildman–Crippen MR) is 66.3 cm³/mol. The number of aromatic nitrogens is 2. The molecule has 17 heavy (non-hydrogen) atoms. The fourth-order valence-corrected chi connectivity index (χ4v) is 1.94. The summed E-state index contributed by atoms with van der Waals surface area (Å²) in [5, 5.41) is 7.36. The number of hydrogen-bond donors (Lipinski definition) is 1. The monoisotopic (exact) mass is 234 g/mol. The lowest BCUT2D eigenvalue weighted by Gasteiger charge is -2.31. The summed E-state index contributed by atoms with van der Waals surface area (Å²) < 4.78 is 1.74. The molecule has 1 unspecified atom stereocenters. The first-order chi connectivity index (χ1) is 8.16. The van der Waals surface area contributed by atoms with Crippen LogP contribution < -0.4 is 5.32 Å². The molecular weight excluding hydrogens is 216 g/mol. The van der Waals surface area contributed by atoms with Crippen molar-refractivity contribution in [1.29, 1.82) is 0 Å². The zero-order valence-corrected chi connectivity index (χ0v) is 10.3. The first-order valence-electron chi connectivity index (χ1n) is 5.85. The van der Waals surface area contributed by atoms with E-state index in [1.54, 1.807) is 17.0 Å². The minimum absolute atomic E-state index is 0.0690. The number of rotatable bonds is 2. The lowest BCUT2D eigenvalue weighted by Crippen LogP contribution is -2.50. The highest BCUT2D eigenvalue weighted by atomic mass is 16.2. The third-order valence-corrected chi connectivity index (χ3v) is 2.94. The Morgan fingerprint density at radius 2 is 2.47 bits per heavy atom. The maximum Gasteiger partial charge on any atom is 0.246 e. The average Bonchev–Trinajstić information content (AvgIpc) is 2.72. The summed E-state index contributed by atoms with van der Waals surface area (Å²) in [5.41, 5.74) is 0.932. The van der Waals surface area contributed by atoms with Crippen molar-refractivity contribution in [3.8, 4) is 0 Å². The molecule has 1 amide bonds. The topological polar surface area (TPSA) is 50.2 Å². The van der Waals surface area contributed by atoms with Gasteiger partial charge in [0.2, 0.25) is 5.91 Å². The number of nitrogens with zero attached hydrogens (tertiary/aromatic N) is 3. The molecule has 1 aromatic rings. The number of amides is 1. The number of hydrogen-bond acceptors (Lipinski definition) is 3. The average molecular weight is 234 g/mol. The van der Waals surface area contributed by atoms with Crippen LogP contribution in [-0.2, 0) is 11.8 Å². The molecule has 5 heteroatoms. The third kappa shape index (κ3) is 2.94. The Morgan fingerprint density at radius 3 is 3.12 bits per heavy atom. The van der Waals surface area contributed by atoms with Gasteiger partial charge < -0.3 is 10.2 Å². The Labute approximate surface area is 101 Å². The Hall–Kier alpha value is -1.62. The van der Waals surface area contributed by atoms with Crippen molar-refractivity contribution in [2.24, 2.45) is 7.05 Å². The molecule has 1 aromatic heterocycles. The van der Waals surface area contributed by atoms with Crippen molar-refractivity contribution in [2.75, 3.05) is 19.6 Å². The SMILES string of the molecule is CC1CN(C(=O)/C=C/c2ccnn2C)CCN1. The summed E-state index contributed by atoms with van der Waals surface area (Å²) in [7, 11) is 1.86. The highest BCUT2D eigenvalue weighted by Crippen LogP contribution is 2.03. The van der Waals surface area contributed by atoms with Gasteiger partial charge in [-0.1, -0.05) is 0 Å². The summed E-state index contributed by atoms with van der Waals surface area (Å²) in [6, 6.07) is 2.25. The number of carbonyl (C=O) groups is 1. The van der Waals surface area contributed by atoms with Gasteiger partial charge >= 0.3 is 0 Å². The maximum atomic E-state index is 11.9. The van der Waals surface area contributed by atoms with Gasteiger partial charge in [0.25, 0.3) is 0 Å². The second-order valence-corrected chi connectivity index (χ2v) is 4.35. The summed E-state index contributed by atoms with van der Waals surface area (Å²) >= 11 is 0. The first kappa shape index (κ1) is 11.9. The van der Waals surface area contributed by atoms with Crippen molar-refractivity contribution >= 4 is 12.0 Å². The van der Waals surface area contributed by atoms with Crippen molar-refractivity contribution < 1.29 is 4.79 Å². The Balaban J connectivity index is 1.97. The fourth-order valence-electron chi connectivity index (χ4n) is 1.94. The van der Waals surface area contributed by atoms with Gasteiger partial charge in [-0.05, 0) is 19.1 Å². The van der Waals surface area contributed by atoms with Crippen LogP contribution in [0, 0.1) is 0 Å². The van der Waals surface area contributed by atoms with E-state index in [0.29, 0.717) is 6.04 Å². The third-order valence-electron chi connectivity index (χ3n) is 2.94. The largest absolute Gasteiger partial charge is 0.336 e. The lowest BCUT2D eigenvalue weighted by molar-refractivity contribution is -0.127. The van der Waals surface area contributed by atoms with Gasteiger partial charge in [0.1, 0.15) is 0 Å². The van der Waals surface area contributed by atoms with Gasteiger partial charge in [0.15, 0.2) is 0 Å². The molecular formula is C12H18N4O. The van der Waals surface area contributed by atoms with Crippen LogP contribution in [-0.4, -0.2) is 46.3 Å². The molecule has 2 heterocycles. The van der Waals surface area contributed by atoms with E-state index in [9.17, 15) is 4.79 Å². The summed E-state index contributed by atoms with van der Waals surface area (Å²) in [4.78, 5) is 13.8. The van der Waals surface area contributed by atoms with Crippen LogP contribution >= 0.6 is 0 Å². The maximum absolute atomic E-state index is 11.9. The number of aryl methyl sites for hydroxylation is 1. The fraction of sp³-hybridized carbons (Fsp3) is 0.500. The molecule has 0 bridgehead atoms.